The molecular weight excluding hydrogens is 332 g/mol. The van der Waals surface area contributed by atoms with Gasteiger partial charge >= 0.3 is 0 Å². The van der Waals surface area contributed by atoms with E-state index in [0.29, 0.717) is 10.8 Å². The van der Waals surface area contributed by atoms with Gasteiger partial charge in [0.2, 0.25) is 5.91 Å². The number of hydrogen-bond donors (Lipinski definition) is 1. The molecule has 3 rings (SSSR count). The number of hydrogen-bond acceptors (Lipinski definition) is 4. The van der Waals surface area contributed by atoms with Crippen LogP contribution in [0, 0.1) is 0 Å². The second kappa shape index (κ2) is 7.74. The van der Waals surface area contributed by atoms with Gasteiger partial charge in [-0.2, -0.15) is 0 Å². The number of para-hydroxylation sites is 1. The van der Waals surface area contributed by atoms with Crippen LogP contribution in [0.4, 0.5) is 11.4 Å². The van der Waals surface area contributed by atoms with Crippen molar-refractivity contribution in [3.05, 3.63) is 54.1 Å². The number of ketones is 1. The molecule has 1 aliphatic heterocycles. The number of amides is 1. The number of anilines is 2. The van der Waals surface area contributed by atoms with Crippen LogP contribution in [0.15, 0.2) is 53.4 Å². The van der Waals surface area contributed by atoms with E-state index in [1.165, 1.54) is 6.92 Å². The summed E-state index contributed by atoms with van der Waals surface area (Å²) in [4.78, 5) is 27.3. The van der Waals surface area contributed by atoms with E-state index in [9.17, 15) is 9.59 Å². The van der Waals surface area contributed by atoms with Crippen LogP contribution in [0.5, 0.6) is 0 Å². The molecule has 1 N–H and O–H groups in total. The summed E-state index contributed by atoms with van der Waals surface area (Å²) in [6.45, 7) is 4.66. The van der Waals surface area contributed by atoms with Crippen LogP contribution < -0.4 is 10.2 Å². The van der Waals surface area contributed by atoms with Crippen molar-refractivity contribution in [2.75, 3.05) is 23.3 Å². The molecule has 0 radical (unpaired) electrons. The number of carbonyl (C=O) groups excluding carboxylic acids is 2. The van der Waals surface area contributed by atoms with E-state index in [1.54, 1.807) is 12.1 Å². The Balaban J connectivity index is 1.73. The third-order valence-corrected chi connectivity index (χ3v) is 5.49. The number of nitrogens with one attached hydrogen (secondary N) is 1. The van der Waals surface area contributed by atoms with Gasteiger partial charge in [0.25, 0.3) is 0 Å². The summed E-state index contributed by atoms with van der Waals surface area (Å²) in [5.41, 5.74) is 2.41. The Bertz CT molecular complexity index is 791. The second-order valence-corrected chi connectivity index (χ2v) is 7.70. The van der Waals surface area contributed by atoms with Crippen molar-refractivity contribution in [3.8, 4) is 0 Å². The highest BCUT2D eigenvalue weighted by molar-refractivity contribution is 8.00. The molecule has 0 bridgehead atoms. The first-order valence-electron chi connectivity index (χ1n) is 8.45. The summed E-state index contributed by atoms with van der Waals surface area (Å²) >= 11 is 1.82. The van der Waals surface area contributed by atoms with Gasteiger partial charge in [-0.05, 0) is 37.6 Å². The number of rotatable bonds is 4. The highest BCUT2D eigenvalue weighted by Crippen LogP contribution is 2.37. The molecule has 130 valence electrons. The van der Waals surface area contributed by atoms with Gasteiger partial charge in [-0.15, -0.1) is 11.8 Å². The van der Waals surface area contributed by atoms with Crippen molar-refractivity contribution in [2.24, 2.45) is 0 Å². The summed E-state index contributed by atoms with van der Waals surface area (Å²) in [6.07, 6.45) is 0.963. The normalized spacial score (nSPS) is 16.7. The zero-order valence-electron chi connectivity index (χ0n) is 14.5. The predicted molar refractivity (Wildman–Crippen MR) is 104 cm³/mol. The lowest BCUT2D eigenvalue weighted by Crippen LogP contribution is -2.36. The molecule has 2 aromatic carbocycles. The van der Waals surface area contributed by atoms with Crippen LogP contribution in [0.1, 0.15) is 30.6 Å². The predicted octanol–water partition coefficient (Wildman–Crippen LogP) is 4.22. The molecular formula is C20H22N2O2S. The van der Waals surface area contributed by atoms with Crippen molar-refractivity contribution in [2.45, 2.75) is 30.4 Å². The first-order valence-corrected chi connectivity index (χ1v) is 9.33. The third kappa shape index (κ3) is 4.23. The molecule has 25 heavy (non-hydrogen) atoms. The molecule has 1 amide bonds. The second-order valence-electron chi connectivity index (χ2n) is 6.22. The third-order valence-electron chi connectivity index (χ3n) is 4.26. The molecule has 0 aromatic heterocycles. The maximum atomic E-state index is 12.8. The van der Waals surface area contributed by atoms with E-state index in [1.807, 2.05) is 47.0 Å². The van der Waals surface area contributed by atoms with Gasteiger partial charge < -0.3 is 10.2 Å². The van der Waals surface area contributed by atoms with Crippen molar-refractivity contribution in [3.63, 3.8) is 0 Å². The van der Waals surface area contributed by atoms with Crippen molar-refractivity contribution in [1.29, 1.82) is 0 Å². The zero-order chi connectivity index (χ0) is 17.8. The Morgan fingerprint density at radius 1 is 1.20 bits per heavy atom. The minimum absolute atomic E-state index is 0.0161. The maximum absolute atomic E-state index is 12.8. The molecule has 0 aliphatic carbocycles. The fourth-order valence-electron chi connectivity index (χ4n) is 2.87. The number of thioether (sulfide) groups is 1. The summed E-state index contributed by atoms with van der Waals surface area (Å²) in [5, 5.41) is 3.63. The van der Waals surface area contributed by atoms with E-state index in [2.05, 4.69) is 18.3 Å². The van der Waals surface area contributed by atoms with E-state index < -0.39 is 0 Å². The minimum atomic E-state index is 0.0161. The molecule has 0 fully saturated rings. The molecule has 2 aromatic rings. The summed E-state index contributed by atoms with van der Waals surface area (Å²) in [6, 6.07) is 15.3. The fourth-order valence-corrected chi connectivity index (χ4v) is 3.98. The Kier molecular flexibility index (Phi) is 5.43. The largest absolute Gasteiger partial charge is 0.376 e. The minimum Gasteiger partial charge on any atom is -0.376 e. The molecule has 1 heterocycles. The zero-order valence-corrected chi connectivity index (χ0v) is 15.3. The fraction of sp³-hybridized carbons (Fsp3) is 0.300. The molecule has 0 unspecified atom stereocenters. The molecule has 1 aliphatic rings. The van der Waals surface area contributed by atoms with Gasteiger partial charge in [0, 0.05) is 27.9 Å². The standard InChI is InChI=1S/C20H22N2O2S/c1-14-10-11-22(18-8-3-4-9-19(18)25-14)20(24)13-21-17-7-5-6-16(12-17)15(2)23/h3-9,12,14,21H,10-11,13H2,1-2H3/t14-/m0/s1. The van der Waals surface area contributed by atoms with Crippen molar-refractivity contribution in [1.82, 2.24) is 0 Å². The van der Waals surface area contributed by atoms with Crippen LogP contribution in [-0.4, -0.2) is 30.0 Å². The highest BCUT2D eigenvalue weighted by atomic mass is 32.2. The van der Waals surface area contributed by atoms with Gasteiger partial charge in [0.05, 0.1) is 12.2 Å². The van der Waals surface area contributed by atoms with Crippen LogP contribution in [0.2, 0.25) is 0 Å². The van der Waals surface area contributed by atoms with Crippen LogP contribution >= 0.6 is 11.8 Å². The quantitative estimate of drug-likeness (QED) is 0.835. The molecule has 0 saturated heterocycles. The smallest absolute Gasteiger partial charge is 0.246 e. The van der Waals surface area contributed by atoms with E-state index in [4.69, 9.17) is 0 Å². The van der Waals surface area contributed by atoms with Gasteiger partial charge in [-0.25, -0.2) is 0 Å². The topological polar surface area (TPSA) is 49.4 Å². The van der Waals surface area contributed by atoms with Crippen molar-refractivity contribution >= 4 is 34.8 Å². The lowest BCUT2D eigenvalue weighted by atomic mass is 10.1. The average molecular weight is 354 g/mol. The monoisotopic (exact) mass is 354 g/mol. The highest BCUT2D eigenvalue weighted by Gasteiger charge is 2.23. The van der Waals surface area contributed by atoms with E-state index >= 15 is 0 Å². The van der Waals surface area contributed by atoms with Crippen molar-refractivity contribution < 1.29 is 9.59 Å². The Hall–Kier alpha value is -2.27. The number of carbonyl (C=O) groups is 2. The molecule has 0 spiro atoms. The van der Waals surface area contributed by atoms with Gasteiger partial charge in [0.1, 0.15) is 0 Å². The van der Waals surface area contributed by atoms with Crippen LogP contribution in [-0.2, 0) is 4.79 Å². The lowest BCUT2D eigenvalue weighted by molar-refractivity contribution is -0.117. The number of nitrogens with zero attached hydrogens (tertiary/aromatic N) is 1. The van der Waals surface area contributed by atoms with Gasteiger partial charge in [-0.1, -0.05) is 31.2 Å². The summed E-state index contributed by atoms with van der Waals surface area (Å²) in [7, 11) is 0. The summed E-state index contributed by atoms with van der Waals surface area (Å²) in [5.74, 6) is 0.0535. The van der Waals surface area contributed by atoms with Crippen LogP contribution in [0.25, 0.3) is 0 Å². The average Bonchev–Trinajstić information content (AvgIpc) is 2.78. The SMILES string of the molecule is CC(=O)c1cccc(NCC(=O)N2CC[C@H](C)Sc3ccccc32)c1. The van der Waals surface area contributed by atoms with Gasteiger partial charge in [0.15, 0.2) is 5.78 Å². The Morgan fingerprint density at radius 2 is 2.00 bits per heavy atom. The number of Topliss-reactive ketones (excluding diaryl/α,β-unsaturated/α-hetero) is 1. The van der Waals surface area contributed by atoms with E-state index in [0.717, 1.165) is 29.2 Å². The van der Waals surface area contributed by atoms with Gasteiger partial charge in [-0.3, -0.25) is 9.59 Å². The molecule has 4 nitrogen and oxygen atoms in total. The number of fused-ring (bicyclic) bond motifs is 1. The molecule has 5 heteroatoms. The summed E-state index contributed by atoms with van der Waals surface area (Å²) < 4.78 is 0. The first kappa shape index (κ1) is 17.5. The lowest BCUT2D eigenvalue weighted by Gasteiger charge is -2.23. The molecule has 1 atom stereocenters. The molecule has 0 saturated carbocycles. The first-order chi connectivity index (χ1) is 12.0. The Labute approximate surface area is 152 Å². The van der Waals surface area contributed by atoms with Crippen LogP contribution in [0.3, 0.4) is 0 Å². The number of benzene rings is 2. The van der Waals surface area contributed by atoms with E-state index in [-0.39, 0.29) is 18.2 Å². The maximum Gasteiger partial charge on any atom is 0.246 e. The Morgan fingerprint density at radius 3 is 2.80 bits per heavy atom.